The molecule has 166 valence electrons. The van der Waals surface area contributed by atoms with E-state index >= 15 is 0 Å². The molecule has 0 aliphatic carbocycles. The van der Waals surface area contributed by atoms with Crippen molar-refractivity contribution in [1.82, 2.24) is 9.88 Å². The third kappa shape index (κ3) is 4.74. The normalized spacial score (nSPS) is 17.0. The fraction of sp³-hybridized carbons (Fsp3) is 0.308. The van der Waals surface area contributed by atoms with Gasteiger partial charge in [0.15, 0.2) is 0 Å². The minimum atomic E-state index is -0.726. The number of rotatable bonds is 6. The molecule has 1 aliphatic heterocycles. The Morgan fingerprint density at radius 1 is 1.16 bits per heavy atom. The Bertz CT molecular complexity index is 1090. The quantitative estimate of drug-likeness (QED) is 0.562. The maximum atomic E-state index is 14.1. The van der Waals surface area contributed by atoms with Crippen LogP contribution in [0.2, 0.25) is 0 Å². The number of ether oxygens (including phenoxy) is 1. The van der Waals surface area contributed by atoms with Gasteiger partial charge >= 0.3 is 0 Å². The van der Waals surface area contributed by atoms with Gasteiger partial charge in [-0.15, -0.1) is 0 Å². The number of hydrogen-bond acceptors (Lipinski definition) is 4. The summed E-state index contributed by atoms with van der Waals surface area (Å²) < 4.78 is 19.4. The number of piperidine rings is 1. The number of anilines is 1. The molecule has 6 heteroatoms. The van der Waals surface area contributed by atoms with E-state index in [0.717, 1.165) is 36.2 Å². The van der Waals surface area contributed by atoms with Crippen molar-refractivity contribution in [2.45, 2.75) is 38.3 Å². The minimum absolute atomic E-state index is 0.0480. The molecule has 1 aliphatic rings. The summed E-state index contributed by atoms with van der Waals surface area (Å²) >= 11 is 0. The number of benzene rings is 2. The first kappa shape index (κ1) is 21.8. The van der Waals surface area contributed by atoms with Crippen LogP contribution in [-0.2, 0) is 4.79 Å². The van der Waals surface area contributed by atoms with Crippen LogP contribution < -0.4 is 10.1 Å². The summed E-state index contributed by atoms with van der Waals surface area (Å²) in [4.78, 5) is 20.3. The van der Waals surface area contributed by atoms with E-state index < -0.39 is 6.04 Å². The van der Waals surface area contributed by atoms with Crippen LogP contribution in [0.3, 0.4) is 0 Å². The van der Waals surface area contributed by atoms with E-state index in [2.05, 4.69) is 10.3 Å². The van der Waals surface area contributed by atoms with Gasteiger partial charge in [-0.05, 0) is 67.6 Å². The highest BCUT2D eigenvalue weighted by Gasteiger charge is 2.34. The number of pyridine rings is 1. The Hall–Kier alpha value is -3.41. The van der Waals surface area contributed by atoms with Gasteiger partial charge in [0.1, 0.15) is 17.6 Å². The molecule has 2 atom stereocenters. The molecule has 3 aromatic rings. The number of amides is 1. The van der Waals surface area contributed by atoms with Crippen molar-refractivity contribution in [2.75, 3.05) is 19.0 Å². The standard InChI is InChI=1S/C26H28FN3O2/c1-18-23(12-7-14-28-18)24-13-3-4-15-30(24)26(31)25(19-8-5-9-20(27)16-19)29-21-10-6-11-22(17-21)32-2/h5-12,14,16-17,24-25,29H,3-4,13,15H2,1-2H3. The fourth-order valence-corrected chi connectivity index (χ4v) is 4.39. The number of carbonyl (C=O) groups is 1. The van der Waals surface area contributed by atoms with Crippen molar-refractivity contribution in [2.24, 2.45) is 0 Å². The molecule has 0 saturated carbocycles. The van der Waals surface area contributed by atoms with E-state index in [0.29, 0.717) is 17.9 Å². The van der Waals surface area contributed by atoms with Gasteiger partial charge in [0, 0.05) is 30.2 Å². The van der Waals surface area contributed by atoms with Crippen molar-refractivity contribution in [1.29, 1.82) is 0 Å². The van der Waals surface area contributed by atoms with E-state index in [1.165, 1.54) is 12.1 Å². The largest absolute Gasteiger partial charge is 0.497 e. The molecule has 0 radical (unpaired) electrons. The number of likely N-dealkylation sites (tertiary alicyclic amines) is 1. The maximum absolute atomic E-state index is 14.1. The Morgan fingerprint density at radius 2 is 2.00 bits per heavy atom. The molecule has 4 rings (SSSR count). The van der Waals surface area contributed by atoms with Crippen molar-refractivity contribution in [3.8, 4) is 5.75 Å². The van der Waals surface area contributed by atoms with Crippen LogP contribution in [-0.4, -0.2) is 29.4 Å². The van der Waals surface area contributed by atoms with E-state index in [-0.39, 0.29) is 17.8 Å². The van der Waals surface area contributed by atoms with Crippen LogP contribution in [0.5, 0.6) is 5.75 Å². The van der Waals surface area contributed by atoms with Gasteiger partial charge in [-0.25, -0.2) is 4.39 Å². The average molecular weight is 434 g/mol. The average Bonchev–Trinajstić information content (AvgIpc) is 2.82. The molecule has 0 bridgehead atoms. The lowest BCUT2D eigenvalue weighted by atomic mass is 9.92. The second kappa shape index (κ2) is 9.81. The zero-order chi connectivity index (χ0) is 22.5. The third-order valence-corrected chi connectivity index (χ3v) is 6.00. The molecule has 32 heavy (non-hydrogen) atoms. The summed E-state index contributed by atoms with van der Waals surface area (Å²) in [6.07, 6.45) is 4.65. The monoisotopic (exact) mass is 433 g/mol. The number of nitrogens with zero attached hydrogens (tertiary/aromatic N) is 2. The molecular formula is C26H28FN3O2. The fourth-order valence-electron chi connectivity index (χ4n) is 4.39. The molecular weight excluding hydrogens is 405 g/mol. The van der Waals surface area contributed by atoms with E-state index in [4.69, 9.17) is 4.74 Å². The minimum Gasteiger partial charge on any atom is -0.497 e. The summed E-state index contributed by atoms with van der Waals surface area (Å²) in [7, 11) is 1.60. The molecule has 1 aromatic heterocycles. The van der Waals surface area contributed by atoms with Crippen molar-refractivity contribution in [3.63, 3.8) is 0 Å². The Labute approximate surface area is 188 Å². The second-order valence-corrected chi connectivity index (χ2v) is 8.09. The number of carbonyl (C=O) groups excluding carboxylic acids is 1. The molecule has 0 spiro atoms. The number of halogens is 1. The molecule has 2 heterocycles. The summed E-state index contributed by atoms with van der Waals surface area (Å²) in [5.74, 6) is 0.236. The molecule has 1 saturated heterocycles. The summed E-state index contributed by atoms with van der Waals surface area (Å²) in [6.45, 7) is 2.63. The highest BCUT2D eigenvalue weighted by atomic mass is 19.1. The lowest BCUT2D eigenvalue weighted by Crippen LogP contribution is -2.43. The van der Waals surface area contributed by atoms with Crippen LogP contribution in [0.1, 0.15) is 48.2 Å². The molecule has 5 nitrogen and oxygen atoms in total. The first-order valence-corrected chi connectivity index (χ1v) is 10.9. The number of nitrogens with one attached hydrogen (secondary N) is 1. The van der Waals surface area contributed by atoms with E-state index in [1.807, 2.05) is 48.2 Å². The summed E-state index contributed by atoms with van der Waals surface area (Å²) in [6, 6.07) is 16.8. The first-order valence-electron chi connectivity index (χ1n) is 10.9. The van der Waals surface area contributed by atoms with E-state index in [9.17, 15) is 9.18 Å². The number of aromatic nitrogens is 1. The predicted molar refractivity (Wildman–Crippen MR) is 123 cm³/mol. The topological polar surface area (TPSA) is 54.5 Å². The van der Waals surface area contributed by atoms with Gasteiger partial charge in [0.2, 0.25) is 5.91 Å². The molecule has 2 unspecified atom stereocenters. The number of methoxy groups -OCH3 is 1. The third-order valence-electron chi connectivity index (χ3n) is 6.00. The van der Waals surface area contributed by atoms with Crippen molar-refractivity contribution < 1.29 is 13.9 Å². The maximum Gasteiger partial charge on any atom is 0.250 e. The first-order chi connectivity index (χ1) is 15.6. The predicted octanol–water partition coefficient (Wildman–Crippen LogP) is 5.44. The van der Waals surface area contributed by atoms with Crippen molar-refractivity contribution >= 4 is 11.6 Å². The Balaban J connectivity index is 1.70. The van der Waals surface area contributed by atoms with Crippen LogP contribution in [0.4, 0.5) is 10.1 Å². The van der Waals surface area contributed by atoms with Gasteiger partial charge in [-0.3, -0.25) is 9.78 Å². The van der Waals surface area contributed by atoms with Crippen LogP contribution in [0, 0.1) is 12.7 Å². The van der Waals surface area contributed by atoms with E-state index in [1.54, 1.807) is 25.4 Å². The molecule has 1 N–H and O–H groups in total. The lowest BCUT2D eigenvalue weighted by Gasteiger charge is -2.39. The Morgan fingerprint density at radius 3 is 2.78 bits per heavy atom. The lowest BCUT2D eigenvalue weighted by molar-refractivity contribution is -0.136. The highest BCUT2D eigenvalue weighted by molar-refractivity contribution is 5.86. The van der Waals surface area contributed by atoms with Gasteiger partial charge < -0.3 is 15.0 Å². The molecule has 1 amide bonds. The second-order valence-electron chi connectivity index (χ2n) is 8.09. The number of aryl methyl sites for hydroxylation is 1. The SMILES string of the molecule is COc1cccc(NC(C(=O)N2CCCCC2c2cccnc2C)c2cccc(F)c2)c1. The summed E-state index contributed by atoms with van der Waals surface area (Å²) in [5.41, 5.74) is 3.32. The zero-order valence-electron chi connectivity index (χ0n) is 18.4. The van der Waals surface area contributed by atoms with Crippen LogP contribution >= 0.6 is 0 Å². The summed E-state index contributed by atoms with van der Waals surface area (Å²) in [5, 5.41) is 3.33. The van der Waals surface area contributed by atoms with Crippen LogP contribution in [0.25, 0.3) is 0 Å². The van der Waals surface area contributed by atoms with Crippen molar-refractivity contribution in [3.05, 3.63) is 89.5 Å². The smallest absolute Gasteiger partial charge is 0.250 e. The Kier molecular flexibility index (Phi) is 6.69. The molecule has 2 aromatic carbocycles. The van der Waals surface area contributed by atoms with Gasteiger partial charge in [-0.2, -0.15) is 0 Å². The molecule has 1 fully saturated rings. The van der Waals surface area contributed by atoms with Gasteiger partial charge in [0.05, 0.1) is 13.2 Å². The van der Waals surface area contributed by atoms with Crippen LogP contribution in [0.15, 0.2) is 66.9 Å². The number of hydrogen-bond donors (Lipinski definition) is 1. The zero-order valence-corrected chi connectivity index (χ0v) is 18.4. The van der Waals surface area contributed by atoms with Gasteiger partial charge in [-0.1, -0.05) is 24.3 Å². The highest BCUT2D eigenvalue weighted by Crippen LogP contribution is 2.35. The van der Waals surface area contributed by atoms with Gasteiger partial charge in [0.25, 0.3) is 0 Å².